The van der Waals surface area contributed by atoms with Gasteiger partial charge in [-0.2, -0.15) is 0 Å². The summed E-state index contributed by atoms with van der Waals surface area (Å²) in [5.41, 5.74) is 0. The van der Waals surface area contributed by atoms with Gasteiger partial charge in [-0.1, -0.05) is 0 Å². The van der Waals surface area contributed by atoms with Crippen LogP contribution in [0.4, 0.5) is 0 Å². The Hall–Kier alpha value is -0.610. The van der Waals surface area contributed by atoms with E-state index in [1.807, 2.05) is 0 Å². The summed E-state index contributed by atoms with van der Waals surface area (Å²) in [5, 5.41) is 0. The highest BCUT2D eigenvalue weighted by atomic mass is 79.9. The maximum atomic E-state index is 7.47. The molecule has 0 fully saturated rings. The Kier molecular flexibility index (Phi) is 1.55. The summed E-state index contributed by atoms with van der Waals surface area (Å²) in [4.78, 5) is 3.71. The standard InChI is InChI=1S/C8H10BrNO2/c1-11-2-3-12-8-4-7(9)5-10-6-8/h4-6H,2-3H2,1H3/i1D3,2D2,3D2. The first-order valence-corrected chi connectivity index (χ1v) is 3.72. The maximum Gasteiger partial charge on any atom is 0.138 e. The van der Waals surface area contributed by atoms with E-state index in [9.17, 15) is 0 Å². The van der Waals surface area contributed by atoms with Gasteiger partial charge in [0.15, 0.2) is 0 Å². The second-order valence-electron chi connectivity index (χ2n) is 1.75. The van der Waals surface area contributed by atoms with Crippen LogP contribution in [0.15, 0.2) is 22.9 Å². The third-order valence-electron chi connectivity index (χ3n) is 0.941. The Morgan fingerprint density at radius 1 is 1.67 bits per heavy atom. The van der Waals surface area contributed by atoms with Crippen molar-refractivity contribution in [1.82, 2.24) is 4.98 Å². The Labute approximate surface area is 89.7 Å². The molecule has 3 nitrogen and oxygen atoms in total. The Morgan fingerprint density at radius 3 is 3.33 bits per heavy atom. The summed E-state index contributed by atoms with van der Waals surface area (Å²) in [7, 11) is -3.09. The molecule has 0 aromatic carbocycles. The molecule has 4 heteroatoms. The van der Waals surface area contributed by atoms with Gasteiger partial charge in [0.1, 0.15) is 12.3 Å². The highest BCUT2D eigenvalue weighted by molar-refractivity contribution is 9.10. The Bertz CT molecular complexity index is 451. The van der Waals surface area contributed by atoms with Crippen LogP contribution in [0.3, 0.4) is 0 Å². The van der Waals surface area contributed by atoms with Crippen molar-refractivity contribution in [2.45, 2.75) is 0 Å². The summed E-state index contributed by atoms with van der Waals surface area (Å²) in [6, 6.07) is 1.36. The Balaban J connectivity index is 2.91. The van der Waals surface area contributed by atoms with E-state index < -0.39 is 20.2 Å². The van der Waals surface area contributed by atoms with Gasteiger partial charge in [-0.3, -0.25) is 4.98 Å². The topological polar surface area (TPSA) is 31.4 Å². The highest BCUT2D eigenvalue weighted by Crippen LogP contribution is 2.15. The van der Waals surface area contributed by atoms with Crippen molar-refractivity contribution < 1.29 is 19.1 Å². The van der Waals surface area contributed by atoms with Crippen molar-refractivity contribution in [2.75, 3.05) is 20.2 Å². The predicted molar refractivity (Wildman–Crippen MR) is 49.3 cm³/mol. The summed E-state index contributed by atoms with van der Waals surface area (Å²) in [6.45, 7) is -6.18. The Morgan fingerprint density at radius 2 is 2.58 bits per heavy atom. The van der Waals surface area contributed by atoms with E-state index in [1.165, 1.54) is 12.3 Å². The fourth-order valence-corrected chi connectivity index (χ4v) is 0.893. The quantitative estimate of drug-likeness (QED) is 0.803. The molecule has 1 aromatic rings. The minimum atomic E-state index is -3.17. The van der Waals surface area contributed by atoms with Crippen molar-refractivity contribution in [3.63, 3.8) is 0 Å². The number of rotatable bonds is 4. The zero-order chi connectivity index (χ0) is 14.9. The lowest BCUT2D eigenvalue weighted by atomic mass is 10.5. The number of ether oxygens (including phenoxy) is 2. The minimum absolute atomic E-state index is 0.0719. The number of methoxy groups -OCH3 is 1. The van der Waals surface area contributed by atoms with Crippen LogP contribution in [0.5, 0.6) is 5.75 Å². The number of hydrogen-bond acceptors (Lipinski definition) is 3. The third kappa shape index (κ3) is 3.19. The molecule has 0 aliphatic carbocycles. The fraction of sp³-hybridized carbons (Fsp3) is 0.375. The van der Waals surface area contributed by atoms with Gasteiger partial charge in [0, 0.05) is 17.7 Å². The predicted octanol–water partition coefficient (Wildman–Crippen LogP) is 1.87. The number of halogens is 1. The molecule has 12 heavy (non-hydrogen) atoms. The smallest absolute Gasteiger partial charge is 0.138 e. The van der Waals surface area contributed by atoms with Crippen LogP contribution < -0.4 is 4.74 Å². The van der Waals surface area contributed by atoms with Crippen molar-refractivity contribution in [3.05, 3.63) is 22.9 Å². The molecular weight excluding hydrogens is 222 g/mol. The van der Waals surface area contributed by atoms with Crippen molar-refractivity contribution in [1.29, 1.82) is 0 Å². The molecular formula is C8H10BrNO2. The van der Waals surface area contributed by atoms with Crippen LogP contribution in [0, 0.1) is 0 Å². The van der Waals surface area contributed by atoms with Gasteiger partial charge in [-0.05, 0) is 22.0 Å². The molecule has 0 atom stereocenters. The molecule has 1 heterocycles. The van der Waals surface area contributed by atoms with Crippen LogP contribution in [-0.2, 0) is 4.74 Å². The molecule has 0 amide bonds. The van der Waals surface area contributed by atoms with Crippen LogP contribution in [0.2, 0.25) is 0 Å². The average Bonchev–Trinajstić information content (AvgIpc) is 2.12. The lowest BCUT2D eigenvalue weighted by Crippen LogP contribution is -2.04. The molecule has 0 spiro atoms. The van der Waals surface area contributed by atoms with Crippen LogP contribution >= 0.6 is 15.9 Å². The summed E-state index contributed by atoms with van der Waals surface area (Å²) < 4.78 is 59.4. The average molecular weight is 239 g/mol. The number of aromatic nitrogens is 1. The molecule has 1 aromatic heterocycles. The van der Waals surface area contributed by atoms with E-state index in [1.54, 1.807) is 0 Å². The zero-order valence-corrected chi connectivity index (χ0v) is 7.46. The van der Waals surface area contributed by atoms with Gasteiger partial charge in [-0.25, -0.2) is 0 Å². The highest BCUT2D eigenvalue weighted by Gasteiger charge is 1.93. The second kappa shape index (κ2) is 5.11. The van der Waals surface area contributed by atoms with Crippen molar-refractivity contribution >= 4 is 15.9 Å². The molecule has 0 aliphatic rings. The fourth-order valence-electron chi connectivity index (χ4n) is 0.549. The van der Waals surface area contributed by atoms with Gasteiger partial charge >= 0.3 is 0 Å². The van der Waals surface area contributed by atoms with E-state index in [0.29, 0.717) is 4.47 Å². The maximum absolute atomic E-state index is 7.47. The number of nitrogens with zero attached hydrogens (tertiary/aromatic N) is 1. The SMILES string of the molecule is [2H]C([2H])([2H])OC([2H])([2H])C([2H])([2H])Oc1cncc(Br)c1. The zero-order valence-electron chi connectivity index (χ0n) is 12.9. The molecule has 1 rings (SSSR count). The van der Waals surface area contributed by atoms with Gasteiger partial charge in [-0.15, -0.1) is 0 Å². The molecule has 0 aliphatic heterocycles. The largest absolute Gasteiger partial charge is 0.490 e. The molecule has 0 unspecified atom stereocenters. The lowest BCUT2D eigenvalue weighted by molar-refractivity contribution is 0.146. The molecule has 66 valence electrons. The van der Waals surface area contributed by atoms with Gasteiger partial charge in [0.05, 0.1) is 22.4 Å². The minimum Gasteiger partial charge on any atom is -0.490 e. The molecule has 0 saturated heterocycles. The van der Waals surface area contributed by atoms with E-state index in [4.69, 9.17) is 14.3 Å². The summed E-state index contributed by atoms with van der Waals surface area (Å²) in [5.74, 6) is -0.0719. The van der Waals surface area contributed by atoms with Gasteiger partial charge in [0.2, 0.25) is 0 Å². The van der Waals surface area contributed by atoms with Crippen LogP contribution in [0.1, 0.15) is 9.60 Å². The van der Waals surface area contributed by atoms with E-state index in [2.05, 4.69) is 25.7 Å². The summed E-state index contributed by atoms with van der Waals surface area (Å²) >= 11 is 3.09. The van der Waals surface area contributed by atoms with E-state index >= 15 is 0 Å². The number of pyridine rings is 1. The van der Waals surface area contributed by atoms with Crippen LogP contribution in [-0.4, -0.2) is 25.1 Å². The lowest BCUT2D eigenvalue weighted by Gasteiger charge is -2.04. The van der Waals surface area contributed by atoms with Gasteiger partial charge in [0.25, 0.3) is 0 Å². The van der Waals surface area contributed by atoms with Gasteiger partial charge < -0.3 is 9.47 Å². The van der Waals surface area contributed by atoms with Crippen molar-refractivity contribution in [3.8, 4) is 5.75 Å². The molecule has 0 N–H and O–H groups in total. The molecule has 0 saturated carbocycles. The monoisotopic (exact) mass is 238 g/mol. The molecule has 0 bridgehead atoms. The third-order valence-corrected chi connectivity index (χ3v) is 1.38. The second-order valence-corrected chi connectivity index (χ2v) is 2.66. The normalized spacial score (nSPS) is 21.9. The first-order valence-electron chi connectivity index (χ1n) is 6.43. The van der Waals surface area contributed by atoms with Crippen molar-refractivity contribution in [2.24, 2.45) is 0 Å². The summed E-state index contributed by atoms with van der Waals surface area (Å²) in [6.07, 6.45) is 2.59. The van der Waals surface area contributed by atoms with E-state index in [-0.39, 0.29) is 5.75 Å². The first kappa shape index (κ1) is 3.64. The first-order chi connectivity index (χ1) is 8.43. The molecule has 0 radical (unpaired) electrons. The van der Waals surface area contributed by atoms with E-state index in [0.717, 1.165) is 6.20 Å². The van der Waals surface area contributed by atoms with Crippen LogP contribution in [0.25, 0.3) is 0 Å². The number of hydrogen-bond donors (Lipinski definition) is 0.